The Labute approximate surface area is 201 Å². The minimum Gasteiger partial charge on any atom is -0.508 e. The molecule has 0 saturated carbocycles. The van der Waals surface area contributed by atoms with Gasteiger partial charge in [-0.15, -0.1) is 0 Å². The second-order valence-corrected chi connectivity index (χ2v) is 9.86. The van der Waals surface area contributed by atoms with Crippen molar-refractivity contribution in [3.63, 3.8) is 0 Å². The predicted octanol–water partition coefficient (Wildman–Crippen LogP) is 4.29. The molecule has 7 nitrogen and oxygen atoms in total. The first kappa shape index (κ1) is 24.0. The summed E-state index contributed by atoms with van der Waals surface area (Å²) in [5, 5.41) is 9.92. The van der Waals surface area contributed by atoms with Gasteiger partial charge in [0.05, 0.1) is 5.92 Å². The summed E-state index contributed by atoms with van der Waals surface area (Å²) in [6.45, 7) is 9.26. The van der Waals surface area contributed by atoms with Crippen molar-refractivity contribution in [2.24, 2.45) is 5.73 Å². The minimum absolute atomic E-state index is 0.0285. The number of nitrogens with zero attached hydrogens (tertiary/aromatic N) is 1. The van der Waals surface area contributed by atoms with Gasteiger partial charge in [-0.25, -0.2) is 4.79 Å². The molecule has 7 heteroatoms. The third kappa shape index (κ3) is 5.65. The molecule has 3 N–H and O–H groups in total. The Morgan fingerprint density at radius 2 is 1.82 bits per heavy atom. The first-order valence-electron chi connectivity index (χ1n) is 11.9. The molecule has 0 aliphatic carbocycles. The molecule has 0 amide bonds. The van der Waals surface area contributed by atoms with E-state index in [9.17, 15) is 9.90 Å². The number of nitrogens with two attached hydrogens (primary N) is 1. The molecule has 0 radical (unpaired) electrons. The molecule has 1 fully saturated rings. The zero-order chi connectivity index (χ0) is 24.3. The van der Waals surface area contributed by atoms with E-state index < -0.39 is 17.5 Å². The van der Waals surface area contributed by atoms with E-state index in [2.05, 4.69) is 4.90 Å². The number of ether oxygens (including phenoxy) is 3. The molecule has 2 aliphatic rings. The molecule has 2 aromatic carbocycles. The summed E-state index contributed by atoms with van der Waals surface area (Å²) in [6.07, 6.45) is 3.84. The molecule has 1 unspecified atom stereocenters. The number of phenolic OH excluding ortho intramolecular Hbond substituents is 1. The number of hydrogen-bond acceptors (Lipinski definition) is 7. The van der Waals surface area contributed by atoms with Gasteiger partial charge in [0.15, 0.2) is 0 Å². The lowest BCUT2D eigenvalue weighted by molar-refractivity contribution is -0.150. The van der Waals surface area contributed by atoms with E-state index in [1.54, 1.807) is 12.1 Å². The summed E-state index contributed by atoms with van der Waals surface area (Å²) in [4.78, 5) is 15.6. The summed E-state index contributed by atoms with van der Waals surface area (Å²) in [5.41, 5.74) is 7.34. The summed E-state index contributed by atoms with van der Waals surface area (Å²) >= 11 is 0. The van der Waals surface area contributed by atoms with Crippen LogP contribution in [0.1, 0.15) is 57.1 Å². The van der Waals surface area contributed by atoms with E-state index in [-0.39, 0.29) is 17.2 Å². The van der Waals surface area contributed by atoms with Crippen molar-refractivity contribution in [2.75, 3.05) is 26.2 Å². The van der Waals surface area contributed by atoms with Crippen molar-refractivity contribution in [1.82, 2.24) is 4.90 Å². The Bertz CT molecular complexity index is 1050. The molecule has 1 atom stereocenters. The lowest BCUT2D eigenvalue weighted by Crippen LogP contribution is -2.33. The van der Waals surface area contributed by atoms with Crippen LogP contribution >= 0.6 is 0 Å². The Balaban J connectivity index is 1.57. The summed E-state index contributed by atoms with van der Waals surface area (Å²) in [5.74, 6) is 0.186. The fourth-order valence-corrected chi connectivity index (χ4v) is 4.45. The summed E-state index contributed by atoms with van der Waals surface area (Å²) < 4.78 is 17.3. The molecule has 182 valence electrons. The van der Waals surface area contributed by atoms with E-state index in [1.165, 1.54) is 25.3 Å². The number of esters is 1. The highest BCUT2D eigenvalue weighted by molar-refractivity contribution is 5.93. The second-order valence-electron chi connectivity index (χ2n) is 9.86. The van der Waals surface area contributed by atoms with Crippen molar-refractivity contribution in [3.8, 4) is 17.2 Å². The summed E-state index contributed by atoms with van der Waals surface area (Å²) in [7, 11) is 0. The first-order chi connectivity index (χ1) is 16.2. The topological polar surface area (TPSA) is 94.2 Å². The van der Waals surface area contributed by atoms with Gasteiger partial charge in [-0.3, -0.25) is 4.90 Å². The van der Waals surface area contributed by atoms with Crippen LogP contribution in [-0.2, 0) is 9.53 Å². The Morgan fingerprint density at radius 1 is 1.12 bits per heavy atom. The van der Waals surface area contributed by atoms with Gasteiger partial charge >= 0.3 is 5.97 Å². The van der Waals surface area contributed by atoms with Crippen molar-refractivity contribution >= 4 is 5.97 Å². The number of piperidine rings is 1. The van der Waals surface area contributed by atoms with Crippen molar-refractivity contribution in [1.29, 1.82) is 0 Å². The van der Waals surface area contributed by atoms with E-state index in [0.29, 0.717) is 12.4 Å². The normalized spacial score (nSPS) is 18.7. The quantitative estimate of drug-likeness (QED) is 0.613. The summed E-state index contributed by atoms with van der Waals surface area (Å²) in [6, 6.07) is 12.5. The van der Waals surface area contributed by atoms with Gasteiger partial charge in [0.2, 0.25) is 5.88 Å². The molecule has 0 spiro atoms. The van der Waals surface area contributed by atoms with Gasteiger partial charge in [-0.2, -0.15) is 0 Å². The highest BCUT2D eigenvalue weighted by Gasteiger charge is 2.37. The van der Waals surface area contributed by atoms with Gasteiger partial charge in [-0.05, 0) is 70.5 Å². The molecule has 0 aromatic heterocycles. The number of carbonyl (C=O) groups is 1. The SMILES string of the molecule is CC(C)(C)OC(=O)C1=C(N)Oc2cc(O)ccc2C1c1ccc(OCCN2CCCCC2)cc1. The molecule has 1 saturated heterocycles. The second kappa shape index (κ2) is 9.97. The maximum absolute atomic E-state index is 13.1. The number of rotatable bonds is 6. The maximum Gasteiger partial charge on any atom is 0.340 e. The molecule has 4 rings (SSSR count). The molecular formula is C27H34N2O5. The zero-order valence-electron chi connectivity index (χ0n) is 20.2. The monoisotopic (exact) mass is 466 g/mol. The molecule has 34 heavy (non-hydrogen) atoms. The fraction of sp³-hybridized carbons (Fsp3) is 0.444. The van der Waals surface area contributed by atoms with Gasteiger partial charge < -0.3 is 25.1 Å². The van der Waals surface area contributed by atoms with Crippen LogP contribution in [0.4, 0.5) is 0 Å². The van der Waals surface area contributed by atoms with Gasteiger partial charge in [0.1, 0.15) is 35.0 Å². The van der Waals surface area contributed by atoms with Crippen LogP contribution in [0, 0.1) is 0 Å². The van der Waals surface area contributed by atoms with Crippen LogP contribution in [0.3, 0.4) is 0 Å². The van der Waals surface area contributed by atoms with Crippen molar-refractivity contribution < 1.29 is 24.1 Å². The van der Waals surface area contributed by atoms with Crippen molar-refractivity contribution in [3.05, 3.63) is 65.0 Å². The number of fused-ring (bicyclic) bond motifs is 1. The number of hydrogen-bond donors (Lipinski definition) is 2. The highest BCUT2D eigenvalue weighted by atomic mass is 16.6. The smallest absolute Gasteiger partial charge is 0.340 e. The number of carbonyl (C=O) groups excluding carboxylic acids is 1. The first-order valence-corrected chi connectivity index (χ1v) is 11.9. The van der Waals surface area contributed by atoms with Crippen LogP contribution in [0.15, 0.2) is 53.9 Å². The van der Waals surface area contributed by atoms with Crippen LogP contribution in [0.5, 0.6) is 17.2 Å². The minimum atomic E-state index is -0.684. The molecule has 2 heterocycles. The number of likely N-dealkylation sites (tertiary alicyclic amines) is 1. The maximum atomic E-state index is 13.1. The predicted molar refractivity (Wildman–Crippen MR) is 130 cm³/mol. The number of phenols is 1. The largest absolute Gasteiger partial charge is 0.508 e. The molecular weight excluding hydrogens is 432 g/mol. The standard InChI is InChI=1S/C27H34N2O5/c1-27(2,3)34-26(31)24-23(21-12-9-19(30)17-22(21)33-25(24)28)18-7-10-20(11-8-18)32-16-15-29-13-5-4-6-14-29/h7-12,17,23,30H,4-6,13-16,28H2,1-3H3. The van der Waals surface area contributed by atoms with E-state index >= 15 is 0 Å². The molecule has 2 aromatic rings. The Morgan fingerprint density at radius 3 is 2.50 bits per heavy atom. The lowest BCUT2D eigenvalue weighted by atomic mass is 9.83. The fourth-order valence-electron chi connectivity index (χ4n) is 4.45. The average molecular weight is 467 g/mol. The van der Waals surface area contributed by atoms with Crippen LogP contribution in [0.25, 0.3) is 0 Å². The van der Waals surface area contributed by atoms with Gasteiger partial charge in [0.25, 0.3) is 0 Å². The van der Waals surface area contributed by atoms with Gasteiger partial charge in [0, 0.05) is 18.2 Å². The Kier molecular flexibility index (Phi) is 7.03. The van der Waals surface area contributed by atoms with E-state index in [1.807, 2.05) is 45.0 Å². The van der Waals surface area contributed by atoms with Crippen LogP contribution < -0.4 is 15.2 Å². The third-order valence-electron chi connectivity index (χ3n) is 6.04. The Hall–Kier alpha value is -3.19. The lowest BCUT2D eigenvalue weighted by Gasteiger charge is -2.30. The molecule has 2 aliphatic heterocycles. The number of benzene rings is 2. The molecule has 0 bridgehead atoms. The van der Waals surface area contributed by atoms with E-state index in [0.717, 1.165) is 36.5 Å². The highest BCUT2D eigenvalue weighted by Crippen LogP contribution is 2.44. The van der Waals surface area contributed by atoms with E-state index in [4.69, 9.17) is 19.9 Å². The average Bonchev–Trinajstić information content (AvgIpc) is 2.78. The van der Waals surface area contributed by atoms with Crippen LogP contribution in [-0.4, -0.2) is 47.8 Å². The van der Waals surface area contributed by atoms with Crippen LogP contribution in [0.2, 0.25) is 0 Å². The third-order valence-corrected chi connectivity index (χ3v) is 6.04. The zero-order valence-corrected chi connectivity index (χ0v) is 20.2. The van der Waals surface area contributed by atoms with Gasteiger partial charge in [-0.1, -0.05) is 24.6 Å². The number of aromatic hydroxyl groups is 1. The van der Waals surface area contributed by atoms with Crippen molar-refractivity contribution in [2.45, 2.75) is 51.6 Å².